The molecular weight excluding hydrogens is 336 g/mol. The van der Waals surface area contributed by atoms with E-state index in [4.69, 9.17) is 0 Å². The van der Waals surface area contributed by atoms with Crippen molar-refractivity contribution in [3.8, 4) is 0 Å². The van der Waals surface area contributed by atoms with Gasteiger partial charge in [0.2, 0.25) is 0 Å². The molecule has 1 aromatic heterocycles. The molecule has 3 aromatic rings. The Hall–Kier alpha value is -3.34. The molecule has 0 unspecified atom stereocenters. The molecule has 5 nitrogen and oxygen atoms in total. The maximum absolute atomic E-state index is 12.2. The molecule has 2 aromatic carbocycles. The second kappa shape index (κ2) is 8.85. The van der Waals surface area contributed by atoms with Gasteiger partial charge in [-0.2, -0.15) is 0 Å². The van der Waals surface area contributed by atoms with Crippen molar-refractivity contribution in [1.29, 1.82) is 0 Å². The van der Waals surface area contributed by atoms with Gasteiger partial charge in [-0.05, 0) is 48.4 Å². The van der Waals surface area contributed by atoms with Gasteiger partial charge in [-0.3, -0.25) is 4.79 Å². The zero-order chi connectivity index (χ0) is 19.1. The largest absolute Gasteiger partial charge is 0.378 e. The Kier molecular flexibility index (Phi) is 6.05. The van der Waals surface area contributed by atoms with Crippen LogP contribution in [0.4, 0.5) is 17.2 Å². The van der Waals surface area contributed by atoms with E-state index >= 15 is 0 Å². The monoisotopic (exact) mass is 360 g/mol. The lowest BCUT2D eigenvalue weighted by molar-refractivity contribution is 0.0954. The number of hydrogen-bond acceptors (Lipinski definition) is 4. The van der Waals surface area contributed by atoms with Crippen LogP contribution in [0.5, 0.6) is 0 Å². The van der Waals surface area contributed by atoms with Crippen LogP contribution in [0.25, 0.3) is 0 Å². The van der Waals surface area contributed by atoms with Gasteiger partial charge in [0.05, 0.1) is 5.56 Å². The third-order valence-electron chi connectivity index (χ3n) is 4.22. The first-order chi connectivity index (χ1) is 13.1. The van der Waals surface area contributed by atoms with Gasteiger partial charge in [0, 0.05) is 38.2 Å². The third kappa shape index (κ3) is 5.31. The molecule has 0 atom stereocenters. The molecule has 27 heavy (non-hydrogen) atoms. The Morgan fingerprint density at radius 2 is 1.70 bits per heavy atom. The van der Waals surface area contributed by atoms with Crippen LogP contribution in [0, 0.1) is 0 Å². The lowest BCUT2D eigenvalue weighted by Crippen LogP contribution is -2.25. The Morgan fingerprint density at radius 1 is 0.963 bits per heavy atom. The molecule has 0 saturated carbocycles. The number of pyridine rings is 1. The standard InChI is InChI=1S/C22H24N4O/c1-26(2)20-11-9-19(10-12-20)25-21-13-8-18(16-24-21)22(27)23-15-14-17-6-4-3-5-7-17/h3-13,16H,14-15H2,1-2H3,(H,23,27)(H,24,25). The summed E-state index contributed by atoms with van der Waals surface area (Å²) < 4.78 is 0. The Morgan fingerprint density at radius 3 is 2.33 bits per heavy atom. The van der Waals surface area contributed by atoms with Crippen LogP contribution in [0.1, 0.15) is 15.9 Å². The molecule has 0 radical (unpaired) electrons. The summed E-state index contributed by atoms with van der Waals surface area (Å²) >= 11 is 0. The van der Waals surface area contributed by atoms with Crippen molar-refractivity contribution in [2.45, 2.75) is 6.42 Å². The summed E-state index contributed by atoms with van der Waals surface area (Å²) in [7, 11) is 4.02. The second-order valence-corrected chi connectivity index (χ2v) is 6.49. The first kappa shape index (κ1) is 18.5. The van der Waals surface area contributed by atoms with Gasteiger partial charge in [0.1, 0.15) is 5.82 Å². The smallest absolute Gasteiger partial charge is 0.252 e. The molecule has 3 rings (SSSR count). The van der Waals surface area contributed by atoms with Crippen LogP contribution in [0.15, 0.2) is 72.9 Å². The van der Waals surface area contributed by atoms with E-state index in [0.717, 1.165) is 17.8 Å². The number of carbonyl (C=O) groups excluding carboxylic acids is 1. The molecule has 0 saturated heterocycles. The number of benzene rings is 2. The van der Waals surface area contributed by atoms with Crippen molar-refractivity contribution < 1.29 is 4.79 Å². The molecular formula is C22H24N4O. The number of nitrogens with one attached hydrogen (secondary N) is 2. The fraction of sp³-hybridized carbons (Fsp3) is 0.182. The molecule has 2 N–H and O–H groups in total. The predicted molar refractivity (Wildman–Crippen MR) is 111 cm³/mol. The minimum atomic E-state index is -0.111. The summed E-state index contributed by atoms with van der Waals surface area (Å²) in [6.07, 6.45) is 2.40. The van der Waals surface area contributed by atoms with E-state index < -0.39 is 0 Å². The quantitative estimate of drug-likeness (QED) is 0.672. The van der Waals surface area contributed by atoms with E-state index in [9.17, 15) is 4.79 Å². The summed E-state index contributed by atoms with van der Waals surface area (Å²) in [5.74, 6) is 0.591. The van der Waals surface area contributed by atoms with Crippen molar-refractivity contribution >= 4 is 23.1 Å². The molecule has 0 aliphatic heterocycles. The van der Waals surface area contributed by atoms with Crippen molar-refractivity contribution in [2.75, 3.05) is 30.9 Å². The zero-order valence-corrected chi connectivity index (χ0v) is 15.6. The van der Waals surface area contributed by atoms with E-state index in [1.165, 1.54) is 5.56 Å². The fourth-order valence-electron chi connectivity index (χ4n) is 2.66. The van der Waals surface area contributed by atoms with Crippen LogP contribution in [0.2, 0.25) is 0 Å². The topological polar surface area (TPSA) is 57.3 Å². The highest BCUT2D eigenvalue weighted by Crippen LogP contribution is 2.19. The Labute approximate surface area is 160 Å². The lowest BCUT2D eigenvalue weighted by Gasteiger charge is -2.13. The van der Waals surface area contributed by atoms with Gasteiger partial charge in [-0.25, -0.2) is 4.98 Å². The average molecular weight is 360 g/mol. The van der Waals surface area contributed by atoms with Gasteiger partial charge in [-0.1, -0.05) is 30.3 Å². The molecule has 138 valence electrons. The van der Waals surface area contributed by atoms with E-state index in [1.54, 1.807) is 12.3 Å². The van der Waals surface area contributed by atoms with Crippen molar-refractivity contribution in [3.05, 3.63) is 84.1 Å². The first-order valence-electron chi connectivity index (χ1n) is 8.94. The summed E-state index contributed by atoms with van der Waals surface area (Å²) in [6, 6.07) is 21.8. The molecule has 0 fully saturated rings. The van der Waals surface area contributed by atoms with Crippen LogP contribution in [0.3, 0.4) is 0 Å². The van der Waals surface area contributed by atoms with E-state index in [0.29, 0.717) is 17.9 Å². The Bertz CT molecular complexity index is 859. The number of amides is 1. The number of nitrogens with zero attached hydrogens (tertiary/aromatic N) is 2. The maximum atomic E-state index is 12.2. The highest BCUT2D eigenvalue weighted by molar-refractivity contribution is 5.94. The van der Waals surface area contributed by atoms with Gasteiger partial charge >= 0.3 is 0 Å². The summed E-state index contributed by atoms with van der Waals surface area (Å²) in [6.45, 7) is 0.598. The fourth-order valence-corrected chi connectivity index (χ4v) is 2.66. The highest BCUT2D eigenvalue weighted by atomic mass is 16.1. The minimum absolute atomic E-state index is 0.111. The molecule has 0 bridgehead atoms. The number of aromatic nitrogens is 1. The molecule has 0 aliphatic rings. The highest BCUT2D eigenvalue weighted by Gasteiger charge is 2.06. The molecule has 1 heterocycles. The number of carbonyl (C=O) groups is 1. The van der Waals surface area contributed by atoms with Gasteiger partial charge in [0.15, 0.2) is 0 Å². The zero-order valence-electron chi connectivity index (χ0n) is 15.6. The molecule has 5 heteroatoms. The summed E-state index contributed by atoms with van der Waals surface area (Å²) in [4.78, 5) is 18.6. The molecule has 0 aliphatic carbocycles. The van der Waals surface area contributed by atoms with E-state index in [-0.39, 0.29) is 5.91 Å². The lowest BCUT2D eigenvalue weighted by atomic mass is 10.1. The summed E-state index contributed by atoms with van der Waals surface area (Å²) in [5.41, 5.74) is 3.84. The third-order valence-corrected chi connectivity index (χ3v) is 4.22. The van der Waals surface area contributed by atoms with E-state index in [2.05, 4.69) is 27.8 Å². The summed E-state index contributed by atoms with van der Waals surface area (Å²) in [5, 5.41) is 6.17. The van der Waals surface area contributed by atoms with Crippen LogP contribution < -0.4 is 15.5 Å². The number of rotatable bonds is 7. The minimum Gasteiger partial charge on any atom is -0.378 e. The molecule has 0 spiro atoms. The van der Waals surface area contributed by atoms with Crippen LogP contribution in [-0.2, 0) is 6.42 Å². The van der Waals surface area contributed by atoms with Crippen molar-refractivity contribution in [3.63, 3.8) is 0 Å². The predicted octanol–water partition coefficient (Wildman–Crippen LogP) is 3.86. The first-order valence-corrected chi connectivity index (χ1v) is 8.94. The normalized spacial score (nSPS) is 10.3. The van der Waals surface area contributed by atoms with E-state index in [1.807, 2.05) is 67.5 Å². The second-order valence-electron chi connectivity index (χ2n) is 6.49. The maximum Gasteiger partial charge on any atom is 0.252 e. The van der Waals surface area contributed by atoms with Gasteiger partial charge < -0.3 is 15.5 Å². The SMILES string of the molecule is CN(C)c1ccc(Nc2ccc(C(=O)NCCc3ccccc3)cn2)cc1. The van der Waals surface area contributed by atoms with Gasteiger partial charge in [0.25, 0.3) is 5.91 Å². The van der Waals surface area contributed by atoms with Gasteiger partial charge in [-0.15, -0.1) is 0 Å². The Balaban J connectivity index is 1.52. The van der Waals surface area contributed by atoms with Crippen molar-refractivity contribution in [2.24, 2.45) is 0 Å². The number of hydrogen-bond donors (Lipinski definition) is 2. The van der Waals surface area contributed by atoms with Crippen molar-refractivity contribution in [1.82, 2.24) is 10.3 Å². The van der Waals surface area contributed by atoms with Crippen LogP contribution in [-0.4, -0.2) is 31.5 Å². The average Bonchev–Trinajstić information content (AvgIpc) is 2.70. The molecule has 1 amide bonds. The number of anilines is 3. The van der Waals surface area contributed by atoms with Crippen LogP contribution >= 0.6 is 0 Å².